The molecule has 88 valence electrons. The predicted molar refractivity (Wildman–Crippen MR) is 64.2 cm³/mol. The van der Waals surface area contributed by atoms with E-state index in [4.69, 9.17) is 0 Å². The van der Waals surface area contributed by atoms with Gasteiger partial charge >= 0.3 is 0 Å². The third kappa shape index (κ3) is 2.01. The van der Waals surface area contributed by atoms with Gasteiger partial charge in [-0.3, -0.25) is 9.69 Å². The molecule has 4 heteroatoms. The van der Waals surface area contributed by atoms with Gasteiger partial charge in [0, 0.05) is 13.2 Å². The molecule has 0 spiro atoms. The molecule has 1 aliphatic carbocycles. The maximum absolute atomic E-state index is 12.4. The summed E-state index contributed by atoms with van der Waals surface area (Å²) in [5.41, 5.74) is -0.827. The van der Waals surface area contributed by atoms with Crippen molar-refractivity contribution < 1.29 is 4.79 Å². The molecule has 0 N–H and O–H groups in total. The summed E-state index contributed by atoms with van der Waals surface area (Å²) in [6.07, 6.45) is 4.89. The number of carbonyl (C=O) groups excluding carboxylic acids is 1. The van der Waals surface area contributed by atoms with Crippen LogP contribution in [0, 0.1) is 16.7 Å². The Balaban J connectivity index is 2.23. The number of carbonyl (C=O) groups is 1. The summed E-state index contributed by atoms with van der Waals surface area (Å²) in [4.78, 5) is 18.0. The van der Waals surface area contributed by atoms with Gasteiger partial charge in [-0.15, -0.1) is 0 Å². The molecule has 0 saturated heterocycles. The Labute approximate surface area is 101 Å². The highest BCUT2D eigenvalue weighted by Gasteiger charge is 2.43. The van der Waals surface area contributed by atoms with E-state index in [2.05, 4.69) is 11.1 Å². The zero-order chi connectivity index (χ0) is 12.3. The van der Waals surface area contributed by atoms with Crippen LogP contribution in [0.2, 0.25) is 0 Å². The molecule has 1 aromatic heterocycles. The molecular formula is C13H15N3O. The van der Waals surface area contributed by atoms with Crippen LogP contribution in [0.5, 0.6) is 0 Å². The van der Waals surface area contributed by atoms with Gasteiger partial charge in [-0.1, -0.05) is 18.9 Å². The highest BCUT2D eigenvalue weighted by atomic mass is 16.2. The second kappa shape index (κ2) is 4.54. The summed E-state index contributed by atoms with van der Waals surface area (Å²) in [5.74, 6) is 0.468. The number of aromatic nitrogens is 1. The minimum atomic E-state index is -0.827. The first kappa shape index (κ1) is 11.6. The number of hydrogen-bond acceptors (Lipinski definition) is 3. The summed E-state index contributed by atoms with van der Waals surface area (Å²) >= 11 is 0. The Bertz CT molecular complexity index is 443. The van der Waals surface area contributed by atoms with E-state index >= 15 is 0 Å². The molecule has 1 heterocycles. The number of anilines is 1. The fraction of sp³-hybridized carbons (Fsp3) is 0.462. The highest BCUT2D eigenvalue weighted by Crippen LogP contribution is 2.39. The number of rotatable bonds is 2. The average molecular weight is 229 g/mol. The molecule has 17 heavy (non-hydrogen) atoms. The Hall–Kier alpha value is -1.89. The van der Waals surface area contributed by atoms with Gasteiger partial charge in [-0.25, -0.2) is 4.98 Å². The molecule has 0 atom stereocenters. The summed E-state index contributed by atoms with van der Waals surface area (Å²) in [6, 6.07) is 7.62. The zero-order valence-electron chi connectivity index (χ0n) is 9.89. The lowest BCUT2D eigenvalue weighted by Gasteiger charge is -2.25. The van der Waals surface area contributed by atoms with Gasteiger partial charge in [-0.2, -0.15) is 5.26 Å². The molecule has 0 aromatic carbocycles. The minimum absolute atomic E-state index is 0.129. The summed E-state index contributed by atoms with van der Waals surface area (Å²) in [7, 11) is 1.68. The van der Waals surface area contributed by atoms with Crippen molar-refractivity contribution in [3.8, 4) is 6.07 Å². The first-order chi connectivity index (χ1) is 8.19. The Morgan fingerprint density at radius 1 is 1.47 bits per heavy atom. The van der Waals surface area contributed by atoms with E-state index in [9.17, 15) is 10.1 Å². The van der Waals surface area contributed by atoms with Crippen LogP contribution < -0.4 is 4.90 Å². The number of nitriles is 1. The molecule has 4 nitrogen and oxygen atoms in total. The largest absolute Gasteiger partial charge is 0.299 e. The van der Waals surface area contributed by atoms with E-state index in [0.717, 1.165) is 12.8 Å². The molecule has 0 unspecified atom stereocenters. The van der Waals surface area contributed by atoms with Gasteiger partial charge in [-0.05, 0) is 25.0 Å². The SMILES string of the molecule is CN(C(=O)C1(C#N)CCCC1)c1ccccn1. The van der Waals surface area contributed by atoms with E-state index in [-0.39, 0.29) is 5.91 Å². The van der Waals surface area contributed by atoms with Gasteiger partial charge in [0.1, 0.15) is 11.2 Å². The van der Waals surface area contributed by atoms with Crippen LogP contribution in [0.15, 0.2) is 24.4 Å². The zero-order valence-corrected chi connectivity index (χ0v) is 9.89. The van der Waals surface area contributed by atoms with Gasteiger partial charge in [0.25, 0.3) is 0 Å². The lowest BCUT2D eigenvalue weighted by atomic mass is 9.86. The molecule has 0 bridgehead atoms. The number of amides is 1. The van der Waals surface area contributed by atoms with Gasteiger partial charge in [0.2, 0.25) is 5.91 Å². The Morgan fingerprint density at radius 3 is 2.71 bits per heavy atom. The topological polar surface area (TPSA) is 57.0 Å². The van der Waals surface area contributed by atoms with Crippen LogP contribution >= 0.6 is 0 Å². The number of nitrogens with zero attached hydrogens (tertiary/aromatic N) is 3. The first-order valence-corrected chi connectivity index (χ1v) is 5.80. The standard InChI is InChI=1S/C13H15N3O/c1-16(11-6-2-5-9-15-11)12(17)13(10-14)7-3-4-8-13/h2,5-6,9H,3-4,7-8H2,1H3. The normalized spacial score (nSPS) is 17.4. The fourth-order valence-electron chi connectivity index (χ4n) is 2.33. The maximum atomic E-state index is 12.4. The second-order valence-corrected chi connectivity index (χ2v) is 4.45. The van der Waals surface area contributed by atoms with E-state index < -0.39 is 5.41 Å². The van der Waals surface area contributed by atoms with Crippen molar-refractivity contribution in [2.45, 2.75) is 25.7 Å². The van der Waals surface area contributed by atoms with Crippen molar-refractivity contribution in [3.63, 3.8) is 0 Å². The van der Waals surface area contributed by atoms with E-state index in [0.29, 0.717) is 18.7 Å². The van der Waals surface area contributed by atoms with E-state index in [1.165, 1.54) is 4.90 Å². The van der Waals surface area contributed by atoms with Crippen LogP contribution in [0.4, 0.5) is 5.82 Å². The van der Waals surface area contributed by atoms with Crippen LogP contribution in [0.3, 0.4) is 0 Å². The van der Waals surface area contributed by atoms with Crippen molar-refractivity contribution in [2.75, 3.05) is 11.9 Å². The van der Waals surface area contributed by atoms with Gasteiger partial charge in [0.05, 0.1) is 6.07 Å². The fourth-order valence-corrected chi connectivity index (χ4v) is 2.33. The smallest absolute Gasteiger partial charge is 0.248 e. The van der Waals surface area contributed by atoms with Crippen molar-refractivity contribution in [3.05, 3.63) is 24.4 Å². The second-order valence-electron chi connectivity index (χ2n) is 4.45. The van der Waals surface area contributed by atoms with Crippen LogP contribution in [0.1, 0.15) is 25.7 Å². The Morgan fingerprint density at radius 2 is 2.18 bits per heavy atom. The Kier molecular flexibility index (Phi) is 3.10. The molecule has 0 aliphatic heterocycles. The molecule has 0 radical (unpaired) electrons. The van der Waals surface area contributed by atoms with E-state index in [1.807, 2.05) is 6.07 Å². The predicted octanol–water partition coefficient (Wildman–Crippen LogP) is 2.13. The maximum Gasteiger partial charge on any atom is 0.248 e. The third-order valence-corrected chi connectivity index (χ3v) is 3.38. The van der Waals surface area contributed by atoms with Crippen molar-refractivity contribution >= 4 is 11.7 Å². The lowest BCUT2D eigenvalue weighted by Crippen LogP contribution is -2.40. The van der Waals surface area contributed by atoms with Crippen molar-refractivity contribution in [2.24, 2.45) is 5.41 Å². The van der Waals surface area contributed by atoms with Crippen molar-refractivity contribution in [1.29, 1.82) is 5.26 Å². The monoisotopic (exact) mass is 229 g/mol. The minimum Gasteiger partial charge on any atom is -0.299 e. The van der Waals surface area contributed by atoms with Crippen LogP contribution in [-0.2, 0) is 4.79 Å². The lowest BCUT2D eigenvalue weighted by molar-refractivity contribution is -0.125. The third-order valence-electron chi connectivity index (χ3n) is 3.38. The molecule has 1 aliphatic rings. The quantitative estimate of drug-likeness (QED) is 0.780. The van der Waals surface area contributed by atoms with Gasteiger partial charge in [0.15, 0.2) is 0 Å². The molecule has 2 rings (SSSR count). The molecular weight excluding hydrogens is 214 g/mol. The highest BCUT2D eigenvalue weighted by molar-refractivity contribution is 5.98. The summed E-state index contributed by atoms with van der Waals surface area (Å²) in [6.45, 7) is 0. The molecule has 1 fully saturated rings. The number of hydrogen-bond donors (Lipinski definition) is 0. The van der Waals surface area contributed by atoms with Crippen LogP contribution in [0.25, 0.3) is 0 Å². The summed E-state index contributed by atoms with van der Waals surface area (Å²) in [5, 5.41) is 9.26. The average Bonchev–Trinajstić information content (AvgIpc) is 2.88. The number of pyridine rings is 1. The van der Waals surface area contributed by atoms with Crippen molar-refractivity contribution in [1.82, 2.24) is 4.98 Å². The van der Waals surface area contributed by atoms with Crippen LogP contribution in [-0.4, -0.2) is 17.9 Å². The molecule has 1 aromatic rings. The van der Waals surface area contributed by atoms with Gasteiger partial charge < -0.3 is 0 Å². The molecule has 1 saturated carbocycles. The molecule has 1 amide bonds. The first-order valence-electron chi connectivity index (χ1n) is 5.80. The summed E-state index contributed by atoms with van der Waals surface area (Å²) < 4.78 is 0. The van der Waals surface area contributed by atoms with E-state index in [1.54, 1.807) is 25.4 Å².